The summed E-state index contributed by atoms with van der Waals surface area (Å²) in [6, 6.07) is 16.5. The molecule has 0 spiro atoms. The lowest BCUT2D eigenvalue weighted by molar-refractivity contribution is -0.173. The first-order chi connectivity index (χ1) is 16.0. The molecule has 1 N–H and O–H groups in total. The number of aromatic nitrogens is 1. The maximum Gasteiger partial charge on any atom is 0.223 e. The van der Waals surface area contributed by atoms with Gasteiger partial charge in [-0.1, -0.05) is 67.8 Å². The van der Waals surface area contributed by atoms with E-state index in [1.54, 1.807) is 0 Å². The molecule has 33 heavy (non-hydrogen) atoms. The highest BCUT2D eigenvalue weighted by Crippen LogP contribution is 2.45. The summed E-state index contributed by atoms with van der Waals surface area (Å²) in [6.07, 6.45) is 7.92. The number of piperidine rings is 1. The first-order valence-electron chi connectivity index (χ1n) is 12.2. The Morgan fingerprint density at radius 2 is 2.03 bits per heavy atom. The predicted octanol–water partition coefficient (Wildman–Crippen LogP) is 6.54. The average molecular weight is 465 g/mol. The third-order valence-corrected chi connectivity index (χ3v) is 8.44. The van der Waals surface area contributed by atoms with E-state index in [4.69, 9.17) is 16.3 Å². The first kappa shape index (κ1) is 22.5. The Morgan fingerprint density at radius 1 is 1.21 bits per heavy atom. The standard InChI is InChI=1S/C28H33ClN2O2/c1-19-13-15-31(26-10-6-7-14-28(19,26)33-2)27(32)17-23(20-8-4-3-5-9-20)24-18-30-25-16-21(29)11-12-22(24)25/h3-5,8-9,11-12,16,18-19,23,26,30H,6-7,10,13-15,17H2,1-2H3. The SMILES string of the molecule is COC12CCCCC1N(C(=O)CC(c1ccccc1)c1c[nH]c3cc(Cl)ccc13)CCC2C. The maximum atomic E-state index is 13.9. The van der Waals surface area contributed by atoms with Gasteiger partial charge >= 0.3 is 0 Å². The summed E-state index contributed by atoms with van der Waals surface area (Å²) in [5.41, 5.74) is 3.11. The minimum Gasteiger partial charge on any atom is -0.376 e. The molecule has 4 nitrogen and oxygen atoms in total. The second kappa shape index (κ2) is 9.15. The molecule has 4 atom stereocenters. The zero-order valence-corrected chi connectivity index (χ0v) is 20.3. The minimum absolute atomic E-state index is 0.0199. The number of likely N-dealkylation sites (tertiary alicyclic amines) is 1. The van der Waals surface area contributed by atoms with Gasteiger partial charge in [-0.15, -0.1) is 0 Å². The monoisotopic (exact) mass is 464 g/mol. The van der Waals surface area contributed by atoms with Gasteiger partial charge in [0.05, 0.1) is 11.6 Å². The number of benzene rings is 2. The molecule has 2 aromatic carbocycles. The fourth-order valence-corrected chi connectivity index (χ4v) is 6.58. The molecule has 3 aromatic rings. The Bertz CT molecular complexity index is 1130. The summed E-state index contributed by atoms with van der Waals surface area (Å²) < 4.78 is 6.19. The lowest BCUT2D eigenvalue weighted by atomic mass is 9.68. The number of carbonyl (C=O) groups excluding carboxylic acids is 1. The summed E-state index contributed by atoms with van der Waals surface area (Å²) in [4.78, 5) is 19.5. The second-order valence-electron chi connectivity index (χ2n) is 9.80. The molecule has 0 bridgehead atoms. The van der Waals surface area contributed by atoms with Crippen molar-refractivity contribution in [3.05, 3.63) is 70.9 Å². The number of halogens is 1. The van der Waals surface area contributed by atoms with Crippen molar-refractivity contribution >= 4 is 28.4 Å². The molecule has 1 aromatic heterocycles. The number of ether oxygens (including phenoxy) is 1. The van der Waals surface area contributed by atoms with Gasteiger partial charge in [0.25, 0.3) is 0 Å². The number of H-pyrrole nitrogens is 1. The fraction of sp³-hybridized carbons (Fsp3) is 0.464. The van der Waals surface area contributed by atoms with E-state index in [0.29, 0.717) is 17.4 Å². The van der Waals surface area contributed by atoms with Crippen LogP contribution >= 0.6 is 11.6 Å². The zero-order chi connectivity index (χ0) is 23.0. The molecule has 1 saturated heterocycles. The highest BCUT2D eigenvalue weighted by Gasteiger charge is 2.51. The molecule has 1 aliphatic carbocycles. The number of hydrogen-bond donors (Lipinski definition) is 1. The van der Waals surface area contributed by atoms with E-state index in [9.17, 15) is 4.79 Å². The molecule has 5 heteroatoms. The number of methoxy groups -OCH3 is 1. The van der Waals surface area contributed by atoms with Crippen LogP contribution in [0, 0.1) is 5.92 Å². The van der Waals surface area contributed by atoms with Crippen molar-refractivity contribution in [3.8, 4) is 0 Å². The quantitative estimate of drug-likeness (QED) is 0.466. The Labute approximate surface area is 201 Å². The number of fused-ring (bicyclic) bond motifs is 2. The van der Waals surface area contributed by atoms with E-state index in [-0.39, 0.29) is 23.5 Å². The van der Waals surface area contributed by atoms with Gasteiger partial charge < -0.3 is 14.6 Å². The third kappa shape index (κ3) is 3.98. The zero-order valence-electron chi connectivity index (χ0n) is 19.5. The van der Waals surface area contributed by atoms with Crippen molar-refractivity contribution in [1.29, 1.82) is 0 Å². The smallest absolute Gasteiger partial charge is 0.223 e. The average Bonchev–Trinajstić information content (AvgIpc) is 3.26. The topological polar surface area (TPSA) is 45.3 Å². The highest BCUT2D eigenvalue weighted by atomic mass is 35.5. The molecule has 5 rings (SSSR count). The summed E-state index contributed by atoms with van der Waals surface area (Å²) in [5, 5.41) is 1.83. The van der Waals surface area contributed by atoms with E-state index in [1.165, 1.54) is 6.42 Å². The van der Waals surface area contributed by atoms with E-state index >= 15 is 0 Å². The molecule has 0 radical (unpaired) electrons. The molecule has 2 heterocycles. The number of nitrogens with zero attached hydrogens (tertiary/aromatic N) is 1. The Morgan fingerprint density at radius 3 is 2.82 bits per heavy atom. The molecular formula is C28H33ClN2O2. The Kier molecular flexibility index (Phi) is 6.24. The van der Waals surface area contributed by atoms with Gasteiger partial charge in [-0.25, -0.2) is 0 Å². The van der Waals surface area contributed by atoms with Crippen molar-refractivity contribution in [3.63, 3.8) is 0 Å². The molecular weight excluding hydrogens is 432 g/mol. The number of aromatic amines is 1. The summed E-state index contributed by atoms with van der Waals surface area (Å²) in [7, 11) is 1.84. The Balaban J connectivity index is 1.49. The largest absolute Gasteiger partial charge is 0.376 e. The van der Waals surface area contributed by atoms with Gasteiger partial charge in [0.2, 0.25) is 5.91 Å². The van der Waals surface area contributed by atoms with Crippen LogP contribution in [0.1, 0.15) is 62.5 Å². The number of carbonyl (C=O) groups is 1. The van der Waals surface area contributed by atoms with Crippen LogP contribution in [0.5, 0.6) is 0 Å². The molecule has 2 aliphatic rings. The number of hydrogen-bond acceptors (Lipinski definition) is 2. The van der Waals surface area contributed by atoms with Crippen LogP contribution in [0.4, 0.5) is 0 Å². The predicted molar refractivity (Wildman–Crippen MR) is 134 cm³/mol. The van der Waals surface area contributed by atoms with Crippen molar-refractivity contribution in [2.24, 2.45) is 5.92 Å². The number of nitrogens with one attached hydrogen (secondary N) is 1. The molecule has 1 amide bonds. The van der Waals surface area contributed by atoms with Gasteiger partial charge in [0.15, 0.2) is 0 Å². The van der Waals surface area contributed by atoms with Crippen LogP contribution in [-0.4, -0.2) is 41.1 Å². The van der Waals surface area contributed by atoms with E-state index in [0.717, 1.165) is 54.3 Å². The van der Waals surface area contributed by atoms with Crippen molar-refractivity contribution < 1.29 is 9.53 Å². The van der Waals surface area contributed by atoms with Crippen LogP contribution in [0.2, 0.25) is 5.02 Å². The lowest BCUT2D eigenvalue weighted by Crippen LogP contribution is -2.64. The minimum atomic E-state index is -0.202. The molecule has 2 fully saturated rings. The molecule has 1 aliphatic heterocycles. The summed E-state index contributed by atoms with van der Waals surface area (Å²) in [5.74, 6) is 0.682. The number of rotatable bonds is 5. The van der Waals surface area contributed by atoms with Gasteiger partial charge in [-0.3, -0.25) is 4.79 Å². The lowest BCUT2D eigenvalue weighted by Gasteiger charge is -2.55. The van der Waals surface area contributed by atoms with Crippen molar-refractivity contribution in [2.75, 3.05) is 13.7 Å². The van der Waals surface area contributed by atoms with Gasteiger partial charge in [-0.05, 0) is 48.4 Å². The molecule has 174 valence electrons. The van der Waals surface area contributed by atoms with Crippen molar-refractivity contribution in [2.45, 2.75) is 63.0 Å². The van der Waals surface area contributed by atoms with Gasteiger partial charge in [0, 0.05) is 48.1 Å². The highest BCUT2D eigenvalue weighted by molar-refractivity contribution is 6.31. The van der Waals surface area contributed by atoms with Crippen LogP contribution in [-0.2, 0) is 9.53 Å². The van der Waals surface area contributed by atoms with Gasteiger partial charge in [0.1, 0.15) is 0 Å². The summed E-state index contributed by atoms with van der Waals surface area (Å²) in [6.45, 7) is 3.12. The van der Waals surface area contributed by atoms with Crippen LogP contribution in [0.25, 0.3) is 10.9 Å². The first-order valence-corrected chi connectivity index (χ1v) is 12.6. The van der Waals surface area contributed by atoms with Crippen LogP contribution in [0.15, 0.2) is 54.7 Å². The van der Waals surface area contributed by atoms with Gasteiger partial charge in [-0.2, -0.15) is 0 Å². The summed E-state index contributed by atoms with van der Waals surface area (Å²) >= 11 is 6.22. The maximum absolute atomic E-state index is 13.9. The Hall–Kier alpha value is -2.30. The van der Waals surface area contributed by atoms with Crippen LogP contribution in [0.3, 0.4) is 0 Å². The third-order valence-electron chi connectivity index (χ3n) is 8.20. The van der Waals surface area contributed by atoms with E-state index in [2.05, 4.69) is 47.1 Å². The molecule has 1 saturated carbocycles. The second-order valence-corrected chi connectivity index (χ2v) is 10.2. The van der Waals surface area contributed by atoms with E-state index in [1.807, 2.05) is 31.5 Å². The van der Waals surface area contributed by atoms with Crippen LogP contribution < -0.4 is 0 Å². The molecule has 4 unspecified atom stereocenters. The number of amides is 1. The fourth-order valence-electron chi connectivity index (χ4n) is 6.41. The van der Waals surface area contributed by atoms with Crippen molar-refractivity contribution in [1.82, 2.24) is 9.88 Å². The van der Waals surface area contributed by atoms with E-state index < -0.39 is 0 Å². The normalized spacial score (nSPS) is 26.2.